The van der Waals surface area contributed by atoms with Crippen LogP contribution in [0, 0.1) is 11.6 Å². The topological polar surface area (TPSA) is 58.4 Å². The van der Waals surface area contributed by atoms with E-state index in [1.165, 1.54) is 0 Å². The summed E-state index contributed by atoms with van der Waals surface area (Å²) in [5.41, 5.74) is 5.85. The van der Waals surface area contributed by atoms with Crippen LogP contribution in [0.5, 0.6) is 0 Å². The molecule has 1 heterocycles. The smallest absolute Gasteiger partial charge is 0.238 e. The van der Waals surface area contributed by atoms with E-state index < -0.39 is 11.6 Å². The molecule has 2 rings (SSSR count). The van der Waals surface area contributed by atoms with E-state index in [1.807, 2.05) is 4.90 Å². The van der Waals surface area contributed by atoms with Crippen molar-refractivity contribution >= 4 is 11.6 Å². The van der Waals surface area contributed by atoms with Crippen LogP contribution in [0.15, 0.2) is 18.2 Å². The number of carbonyl (C=O) groups is 1. The number of halogens is 2. The maximum atomic E-state index is 12.9. The monoisotopic (exact) mass is 255 g/mol. The predicted octanol–water partition coefficient (Wildman–Crippen LogP) is 0.936. The molecular formula is C12H15F2N3O. The molecule has 18 heavy (non-hydrogen) atoms. The van der Waals surface area contributed by atoms with Crippen molar-refractivity contribution in [3.8, 4) is 0 Å². The first-order valence-electron chi connectivity index (χ1n) is 5.77. The first kappa shape index (κ1) is 12.9. The van der Waals surface area contributed by atoms with Crippen molar-refractivity contribution in [3.05, 3.63) is 29.8 Å². The molecule has 1 amide bonds. The van der Waals surface area contributed by atoms with Crippen LogP contribution < -0.4 is 11.1 Å². The lowest BCUT2D eigenvalue weighted by Gasteiger charge is -2.14. The van der Waals surface area contributed by atoms with E-state index in [-0.39, 0.29) is 24.2 Å². The Bertz CT molecular complexity index is 433. The highest BCUT2D eigenvalue weighted by atomic mass is 19.1. The SMILES string of the molecule is N[C@@H]1CCN(CC(=O)Nc2cc(F)cc(F)c2)C1. The second-order valence-electron chi connectivity index (χ2n) is 4.49. The van der Waals surface area contributed by atoms with Crippen molar-refractivity contribution < 1.29 is 13.6 Å². The molecule has 1 aliphatic rings. The minimum absolute atomic E-state index is 0.101. The van der Waals surface area contributed by atoms with Gasteiger partial charge in [-0.2, -0.15) is 0 Å². The van der Waals surface area contributed by atoms with Gasteiger partial charge in [0.05, 0.1) is 6.54 Å². The summed E-state index contributed by atoms with van der Waals surface area (Å²) in [4.78, 5) is 13.6. The molecule has 1 aromatic carbocycles. The number of carbonyl (C=O) groups excluding carboxylic acids is 1. The molecule has 1 aromatic rings. The third kappa shape index (κ3) is 3.48. The van der Waals surface area contributed by atoms with Crippen molar-refractivity contribution in [2.24, 2.45) is 5.73 Å². The van der Waals surface area contributed by atoms with Gasteiger partial charge in [-0.25, -0.2) is 8.78 Å². The summed E-state index contributed by atoms with van der Waals surface area (Å²) in [5.74, 6) is -1.73. The van der Waals surface area contributed by atoms with E-state index >= 15 is 0 Å². The fourth-order valence-corrected chi connectivity index (χ4v) is 2.04. The van der Waals surface area contributed by atoms with Gasteiger partial charge in [0.15, 0.2) is 0 Å². The third-order valence-corrected chi connectivity index (χ3v) is 2.82. The van der Waals surface area contributed by atoms with Gasteiger partial charge in [0.1, 0.15) is 11.6 Å². The number of hydrogen-bond acceptors (Lipinski definition) is 3. The average Bonchev–Trinajstić information content (AvgIpc) is 2.61. The molecule has 1 atom stereocenters. The van der Waals surface area contributed by atoms with Crippen LogP contribution in [0.1, 0.15) is 6.42 Å². The molecule has 1 saturated heterocycles. The minimum Gasteiger partial charge on any atom is -0.326 e. The molecule has 1 fully saturated rings. The standard InChI is InChI=1S/C12H15F2N3O/c13-8-3-9(14)5-11(4-8)16-12(18)7-17-2-1-10(15)6-17/h3-5,10H,1-2,6-7,15H2,(H,16,18)/t10-/m1/s1. The zero-order chi connectivity index (χ0) is 13.1. The van der Waals surface area contributed by atoms with Crippen molar-refractivity contribution in [2.75, 3.05) is 25.0 Å². The van der Waals surface area contributed by atoms with Gasteiger partial charge >= 0.3 is 0 Å². The first-order valence-corrected chi connectivity index (χ1v) is 5.77. The molecule has 0 unspecified atom stereocenters. The zero-order valence-electron chi connectivity index (χ0n) is 9.83. The van der Waals surface area contributed by atoms with Crippen LogP contribution in [-0.2, 0) is 4.79 Å². The number of hydrogen-bond donors (Lipinski definition) is 2. The van der Waals surface area contributed by atoms with Gasteiger partial charge in [-0.05, 0) is 18.6 Å². The summed E-state index contributed by atoms with van der Waals surface area (Å²) < 4.78 is 25.8. The lowest BCUT2D eigenvalue weighted by atomic mass is 10.3. The summed E-state index contributed by atoms with van der Waals surface area (Å²) in [5, 5.41) is 2.46. The maximum absolute atomic E-state index is 12.9. The highest BCUT2D eigenvalue weighted by molar-refractivity contribution is 5.92. The van der Waals surface area contributed by atoms with Crippen LogP contribution in [0.25, 0.3) is 0 Å². The van der Waals surface area contributed by atoms with Crippen LogP contribution in [0.4, 0.5) is 14.5 Å². The molecule has 3 N–H and O–H groups in total. The van der Waals surface area contributed by atoms with E-state index in [2.05, 4.69) is 5.32 Å². The van der Waals surface area contributed by atoms with E-state index in [0.717, 1.165) is 31.2 Å². The molecule has 6 heteroatoms. The summed E-state index contributed by atoms with van der Waals surface area (Å²) in [7, 11) is 0. The molecule has 0 radical (unpaired) electrons. The summed E-state index contributed by atoms with van der Waals surface area (Å²) >= 11 is 0. The number of nitrogens with two attached hydrogens (primary N) is 1. The quantitative estimate of drug-likeness (QED) is 0.845. The number of likely N-dealkylation sites (tertiary alicyclic amines) is 1. The maximum Gasteiger partial charge on any atom is 0.238 e. The van der Waals surface area contributed by atoms with Crippen molar-refractivity contribution in [2.45, 2.75) is 12.5 Å². The Morgan fingerprint density at radius 1 is 1.39 bits per heavy atom. The average molecular weight is 255 g/mol. The normalized spacial score (nSPS) is 20.1. The summed E-state index contributed by atoms with van der Waals surface area (Å²) in [6.45, 7) is 1.63. The molecule has 0 aromatic heterocycles. The molecule has 0 bridgehead atoms. The summed E-state index contributed by atoms with van der Waals surface area (Å²) in [6.07, 6.45) is 0.863. The lowest BCUT2D eigenvalue weighted by Crippen LogP contribution is -2.33. The first-order chi connectivity index (χ1) is 8.52. The Balaban J connectivity index is 1.90. The van der Waals surface area contributed by atoms with E-state index in [4.69, 9.17) is 5.73 Å². The van der Waals surface area contributed by atoms with Crippen molar-refractivity contribution in [1.82, 2.24) is 4.90 Å². The van der Waals surface area contributed by atoms with Gasteiger partial charge in [0.25, 0.3) is 0 Å². The van der Waals surface area contributed by atoms with Crippen molar-refractivity contribution in [3.63, 3.8) is 0 Å². The molecule has 4 nitrogen and oxygen atoms in total. The van der Waals surface area contributed by atoms with E-state index in [1.54, 1.807) is 0 Å². The second-order valence-corrected chi connectivity index (χ2v) is 4.49. The lowest BCUT2D eigenvalue weighted by molar-refractivity contribution is -0.117. The highest BCUT2D eigenvalue weighted by Crippen LogP contribution is 2.13. The van der Waals surface area contributed by atoms with Crippen LogP contribution in [-0.4, -0.2) is 36.5 Å². The molecule has 0 saturated carbocycles. The third-order valence-electron chi connectivity index (χ3n) is 2.82. The Labute approximate surface area is 104 Å². The second kappa shape index (κ2) is 5.41. The Kier molecular flexibility index (Phi) is 3.88. The van der Waals surface area contributed by atoms with Crippen molar-refractivity contribution in [1.29, 1.82) is 0 Å². The fraction of sp³-hybridized carbons (Fsp3) is 0.417. The van der Waals surface area contributed by atoms with E-state index in [9.17, 15) is 13.6 Å². The summed E-state index contributed by atoms with van der Waals surface area (Å²) in [6, 6.07) is 3.02. The Hall–Kier alpha value is -1.53. The minimum atomic E-state index is -0.714. The van der Waals surface area contributed by atoms with Crippen LogP contribution in [0.2, 0.25) is 0 Å². The van der Waals surface area contributed by atoms with Gasteiger partial charge in [-0.15, -0.1) is 0 Å². The number of rotatable bonds is 3. The van der Waals surface area contributed by atoms with Crippen LogP contribution >= 0.6 is 0 Å². The van der Waals surface area contributed by atoms with Gasteiger partial charge in [0.2, 0.25) is 5.91 Å². The van der Waals surface area contributed by atoms with Gasteiger partial charge < -0.3 is 11.1 Å². The van der Waals surface area contributed by atoms with Gasteiger partial charge in [-0.1, -0.05) is 0 Å². The van der Waals surface area contributed by atoms with Gasteiger partial charge in [-0.3, -0.25) is 9.69 Å². The fourth-order valence-electron chi connectivity index (χ4n) is 2.04. The molecule has 98 valence electrons. The molecule has 0 aliphatic carbocycles. The number of nitrogens with zero attached hydrogens (tertiary/aromatic N) is 1. The zero-order valence-corrected chi connectivity index (χ0v) is 9.83. The number of benzene rings is 1. The largest absolute Gasteiger partial charge is 0.326 e. The predicted molar refractivity (Wildman–Crippen MR) is 64.0 cm³/mol. The Morgan fingerprint density at radius 2 is 2.06 bits per heavy atom. The number of amides is 1. The van der Waals surface area contributed by atoms with E-state index in [0.29, 0.717) is 6.54 Å². The molecular weight excluding hydrogens is 240 g/mol. The number of nitrogens with one attached hydrogen (secondary N) is 1. The van der Waals surface area contributed by atoms with Crippen LogP contribution in [0.3, 0.4) is 0 Å². The highest BCUT2D eigenvalue weighted by Gasteiger charge is 2.21. The number of anilines is 1. The molecule has 0 spiro atoms. The Morgan fingerprint density at radius 3 is 2.61 bits per heavy atom. The molecule has 1 aliphatic heterocycles. The van der Waals surface area contributed by atoms with Gasteiger partial charge in [0, 0.05) is 30.9 Å².